The molecule has 0 fully saturated rings. The molecular weight excluding hydrogens is 352 g/mol. The Kier molecular flexibility index (Phi) is 5.37. The van der Waals surface area contributed by atoms with Gasteiger partial charge >= 0.3 is 0 Å². The molecule has 0 aliphatic carbocycles. The van der Waals surface area contributed by atoms with Crippen molar-refractivity contribution in [3.63, 3.8) is 0 Å². The number of carbonyl (C=O) groups is 1. The second kappa shape index (κ2) is 8.07. The van der Waals surface area contributed by atoms with Gasteiger partial charge in [0.25, 0.3) is 0 Å². The number of primary amides is 1. The van der Waals surface area contributed by atoms with Gasteiger partial charge in [-0.05, 0) is 47.2 Å². The zero-order valence-electron chi connectivity index (χ0n) is 15.4. The third-order valence-electron chi connectivity index (χ3n) is 5.17. The second-order valence-corrected chi connectivity index (χ2v) is 8.32. The van der Waals surface area contributed by atoms with Crippen molar-refractivity contribution >= 4 is 17.2 Å². The first-order valence-electron chi connectivity index (χ1n) is 9.43. The molecule has 2 aromatic carbocycles. The van der Waals surface area contributed by atoms with Crippen molar-refractivity contribution in [2.24, 2.45) is 5.73 Å². The molecule has 4 rings (SSSR count). The molecule has 0 atom stereocenters. The van der Waals surface area contributed by atoms with E-state index in [0.29, 0.717) is 6.42 Å². The van der Waals surface area contributed by atoms with Crippen LogP contribution in [0.15, 0.2) is 60.7 Å². The maximum absolute atomic E-state index is 11.0. The summed E-state index contributed by atoms with van der Waals surface area (Å²) in [7, 11) is 0. The van der Waals surface area contributed by atoms with Crippen molar-refractivity contribution in [2.75, 3.05) is 13.1 Å². The molecule has 4 heteroatoms. The van der Waals surface area contributed by atoms with Crippen LogP contribution >= 0.6 is 11.3 Å². The second-order valence-electron chi connectivity index (χ2n) is 7.15. The molecule has 0 saturated heterocycles. The Balaban J connectivity index is 1.40. The fraction of sp³-hybridized carbons (Fsp3) is 0.261. The fourth-order valence-corrected chi connectivity index (χ4v) is 4.75. The van der Waals surface area contributed by atoms with E-state index in [1.54, 1.807) is 0 Å². The van der Waals surface area contributed by atoms with E-state index in [1.165, 1.54) is 26.4 Å². The summed E-state index contributed by atoms with van der Waals surface area (Å²) in [5.74, 6) is -0.291. The van der Waals surface area contributed by atoms with Gasteiger partial charge in [-0.2, -0.15) is 0 Å². The Hall–Kier alpha value is -2.43. The number of rotatable bonds is 5. The molecule has 0 saturated carbocycles. The minimum Gasteiger partial charge on any atom is -0.369 e. The van der Waals surface area contributed by atoms with E-state index in [9.17, 15) is 4.79 Å². The fourth-order valence-electron chi connectivity index (χ4n) is 3.70. The molecular formula is C23H24N2OS. The Morgan fingerprint density at radius 1 is 0.926 bits per heavy atom. The molecule has 27 heavy (non-hydrogen) atoms. The van der Waals surface area contributed by atoms with Crippen molar-refractivity contribution in [1.29, 1.82) is 0 Å². The van der Waals surface area contributed by atoms with E-state index < -0.39 is 0 Å². The lowest BCUT2D eigenvalue weighted by Crippen LogP contribution is -2.25. The maximum atomic E-state index is 11.0. The topological polar surface area (TPSA) is 46.3 Å². The van der Waals surface area contributed by atoms with Crippen LogP contribution in [-0.4, -0.2) is 23.9 Å². The van der Waals surface area contributed by atoms with Crippen LogP contribution in [-0.2, 0) is 30.6 Å². The molecule has 138 valence electrons. The third kappa shape index (κ3) is 4.46. The highest BCUT2D eigenvalue weighted by molar-refractivity contribution is 7.15. The van der Waals surface area contributed by atoms with Crippen LogP contribution in [0.1, 0.15) is 21.6 Å². The zero-order valence-corrected chi connectivity index (χ0v) is 16.2. The van der Waals surface area contributed by atoms with Gasteiger partial charge in [-0.25, -0.2) is 0 Å². The summed E-state index contributed by atoms with van der Waals surface area (Å²) >= 11 is 1.86. The SMILES string of the molecule is NC(=O)Cc1ccc(-c2ccc(CN3CCc4ccccc4CC3)s2)cc1. The van der Waals surface area contributed by atoms with E-state index in [4.69, 9.17) is 5.73 Å². The average molecular weight is 377 g/mol. The molecule has 3 aromatic rings. The largest absolute Gasteiger partial charge is 0.369 e. The predicted octanol–water partition coefficient (Wildman–Crippen LogP) is 4.04. The van der Waals surface area contributed by atoms with Crippen LogP contribution < -0.4 is 5.73 Å². The Labute approximate surface area is 164 Å². The van der Waals surface area contributed by atoms with Crippen molar-refractivity contribution in [2.45, 2.75) is 25.8 Å². The van der Waals surface area contributed by atoms with Crippen LogP contribution in [0, 0.1) is 0 Å². The first-order valence-corrected chi connectivity index (χ1v) is 10.2. The molecule has 1 aliphatic rings. The van der Waals surface area contributed by atoms with Crippen molar-refractivity contribution < 1.29 is 4.79 Å². The van der Waals surface area contributed by atoms with Crippen LogP contribution in [0.2, 0.25) is 0 Å². The molecule has 1 aromatic heterocycles. The number of nitrogens with two attached hydrogens (primary N) is 1. The Bertz CT molecular complexity index is 903. The highest BCUT2D eigenvalue weighted by atomic mass is 32.1. The van der Waals surface area contributed by atoms with Crippen molar-refractivity contribution in [3.05, 3.63) is 82.2 Å². The third-order valence-corrected chi connectivity index (χ3v) is 6.29. The first kappa shape index (κ1) is 18.0. The van der Waals surface area contributed by atoms with E-state index in [1.807, 2.05) is 23.5 Å². The lowest BCUT2D eigenvalue weighted by molar-refractivity contribution is -0.117. The van der Waals surface area contributed by atoms with Gasteiger partial charge in [-0.3, -0.25) is 9.69 Å². The maximum Gasteiger partial charge on any atom is 0.221 e. The monoisotopic (exact) mass is 376 g/mol. The van der Waals surface area contributed by atoms with Gasteiger partial charge in [0.1, 0.15) is 0 Å². The molecule has 0 bridgehead atoms. The van der Waals surface area contributed by atoms with Crippen LogP contribution in [0.5, 0.6) is 0 Å². The smallest absolute Gasteiger partial charge is 0.221 e. The highest BCUT2D eigenvalue weighted by Crippen LogP contribution is 2.29. The van der Waals surface area contributed by atoms with E-state index in [-0.39, 0.29) is 5.91 Å². The quantitative estimate of drug-likeness (QED) is 0.730. The summed E-state index contributed by atoms with van der Waals surface area (Å²) in [5, 5.41) is 0. The molecule has 2 N–H and O–H groups in total. The lowest BCUT2D eigenvalue weighted by atomic mass is 10.0. The number of benzene rings is 2. The molecule has 1 aliphatic heterocycles. The van der Waals surface area contributed by atoms with Crippen molar-refractivity contribution in [3.8, 4) is 10.4 Å². The summed E-state index contributed by atoms with van der Waals surface area (Å²) in [5.41, 5.74) is 10.4. The highest BCUT2D eigenvalue weighted by Gasteiger charge is 2.14. The Morgan fingerprint density at radius 2 is 1.59 bits per heavy atom. The standard InChI is InChI=1S/C23H24N2OS/c24-23(26)15-17-5-7-20(8-6-17)22-10-9-21(27-22)16-25-13-11-18-3-1-2-4-19(18)12-14-25/h1-10H,11-16H2,(H2,24,26). The number of amides is 1. The minimum atomic E-state index is -0.291. The van der Waals surface area contributed by atoms with Gasteiger partial charge in [-0.1, -0.05) is 48.5 Å². The van der Waals surface area contributed by atoms with Gasteiger partial charge in [0.2, 0.25) is 5.91 Å². The molecule has 3 nitrogen and oxygen atoms in total. The molecule has 0 unspecified atom stereocenters. The van der Waals surface area contributed by atoms with Gasteiger partial charge < -0.3 is 5.73 Å². The minimum absolute atomic E-state index is 0.291. The normalized spacial score (nSPS) is 14.5. The summed E-state index contributed by atoms with van der Waals surface area (Å²) in [6, 6.07) is 21.4. The zero-order chi connectivity index (χ0) is 18.6. The number of fused-ring (bicyclic) bond motifs is 1. The van der Waals surface area contributed by atoms with E-state index in [2.05, 4.69) is 53.4 Å². The summed E-state index contributed by atoms with van der Waals surface area (Å²) in [6.45, 7) is 3.25. The molecule has 2 heterocycles. The number of nitrogens with zero attached hydrogens (tertiary/aromatic N) is 1. The van der Waals surface area contributed by atoms with E-state index >= 15 is 0 Å². The molecule has 0 radical (unpaired) electrons. The van der Waals surface area contributed by atoms with Crippen LogP contribution in [0.25, 0.3) is 10.4 Å². The lowest BCUT2D eigenvalue weighted by Gasteiger charge is -2.18. The summed E-state index contributed by atoms with van der Waals surface area (Å²) in [6.07, 6.45) is 2.57. The van der Waals surface area contributed by atoms with Gasteiger partial charge in [0.15, 0.2) is 0 Å². The van der Waals surface area contributed by atoms with Gasteiger partial charge in [-0.15, -0.1) is 11.3 Å². The van der Waals surface area contributed by atoms with Crippen molar-refractivity contribution in [1.82, 2.24) is 4.90 Å². The van der Waals surface area contributed by atoms with Crippen LogP contribution in [0.3, 0.4) is 0 Å². The number of thiophene rings is 1. The molecule has 1 amide bonds. The first-order chi connectivity index (χ1) is 13.2. The number of hydrogen-bond acceptors (Lipinski definition) is 3. The predicted molar refractivity (Wildman–Crippen MR) is 112 cm³/mol. The van der Waals surface area contributed by atoms with E-state index in [0.717, 1.165) is 38.0 Å². The number of hydrogen-bond donors (Lipinski definition) is 1. The number of carbonyl (C=O) groups excluding carboxylic acids is 1. The molecule has 0 spiro atoms. The Morgan fingerprint density at radius 3 is 2.22 bits per heavy atom. The van der Waals surface area contributed by atoms with Gasteiger partial charge in [0, 0.05) is 29.4 Å². The van der Waals surface area contributed by atoms with Crippen LogP contribution in [0.4, 0.5) is 0 Å². The van der Waals surface area contributed by atoms with Gasteiger partial charge in [0.05, 0.1) is 6.42 Å². The average Bonchev–Trinajstić information content (AvgIpc) is 3.03. The summed E-state index contributed by atoms with van der Waals surface area (Å²) in [4.78, 5) is 16.3. The summed E-state index contributed by atoms with van der Waals surface area (Å²) < 4.78 is 0.